The van der Waals surface area contributed by atoms with Crippen LogP contribution in [0.3, 0.4) is 0 Å². The molecule has 7 heteroatoms. The summed E-state index contributed by atoms with van der Waals surface area (Å²) in [6.45, 7) is 6.89. The number of alkyl carbamates (subject to hydrolysis) is 1. The van der Waals surface area contributed by atoms with E-state index in [0.29, 0.717) is 25.3 Å². The predicted molar refractivity (Wildman–Crippen MR) is 129 cm³/mol. The van der Waals surface area contributed by atoms with Crippen molar-refractivity contribution in [3.63, 3.8) is 0 Å². The van der Waals surface area contributed by atoms with Crippen molar-refractivity contribution < 1.29 is 23.5 Å². The van der Waals surface area contributed by atoms with E-state index in [9.17, 15) is 14.0 Å². The Morgan fingerprint density at radius 3 is 2.53 bits per heavy atom. The maximum Gasteiger partial charge on any atom is 0.409 e. The number of rotatable bonds is 10. The van der Waals surface area contributed by atoms with Gasteiger partial charge >= 0.3 is 6.09 Å². The summed E-state index contributed by atoms with van der Waals surface area (Å²) in [6, 6.07) is 16.3. The summed E-state index contributed by atoms with van der Waals surface area (Å²) in [5.41, 5.74) is -0.345. The first kappa shape index (κ1) is 25.8. The minimum absolute atomic E-state index is 0.00420. The van der Waals surface area contributed by atoms with Gasteiger partial charge in [0, 0.05) is 25.4 Å². The highest BCUT2D eigenvalue weighted by atomic mass is 19.1. The SMILES string of the molecule is CC(C)(C)OC(=O)N[C@](CC=O)(Cc1ccccc1F)N1CCC[C@H]1COCc1ccccc1. The number of halogens is 1. The van der Waals surface area contributed by atoms with E-state index in [0.717, 1.165) is 24.7 Å². The fourth-order valence-electron chi connectivity index (χ4n) is 4.51. The summed E-state index contributed by atoms with van der Waals surface area (Å²) in [4.78, 5) is 26.9. The van der Waals surface area contributed by atoms with Crippen LogP contribution < -0.4 is 5.32 Å². The molecule has 2 aromatic rings. The van der Waals surface area contributed by atoms with E-state index >= 15 is 0 Å². The van der Waals surface area contributed by atoms with Crippen molar-refractivity contribution in [2.24, 2.45) is 0 Å². The first-order valence-electron chi connectivity index (χ1n) is 11.8. The third-order valence-electron chi connectivity index (χ3n) is 5.94. The van der Waals surface area contributed by atoms with Crippen LogP contribution in [0.1, 0.15) is 51.2 Å². The fourth-order valence-corrected chi connectivity index (χ4v) is 4.51. The predicted octanol–water partition coefficient (Wildman–Crippen LogP) is 4.86. The molecule has 6 nitrogen and oxygen atoms in total. The van der Waals surface area contributed by atoms with Crippen LogP contribution in [-0.2, 0) is 27.3 Å². The Hall–Kier alpha value is -2.77. The number of aldehydes is 1. The highest BCUT2D eigenvalue weighted by molar-refractivity contribution is 5.70. The van der Waals surface area contributed by atoms with Gasteiger partial charge in [-0.2, -0.15) is 0 Å². The van der Waals surface area contributed by atoms with E-state index in [4.69, 9.17) is 9.47 Å². The molecule has 0 radical (unpaired) electrons. The van der Waals surface area contributed by atoms with Crippen LogP contribution in [0.25, 0.3) is 0 Å². The van der Waals surface area contributed by atoms with Crippen LogP contribution in [0.4, 0.5) is 9.18 Å². The highest BCUT2D eigenvalue weighted by Crippen LogP contribution is 2.32. The molecular formula is C27H35FN2O4. The Balaban J connectivity index is 1.85. The van der Waals surface area contributed by atoms with Gasteiger partial charge in [0.1, 0.15) is 23.4 Å². The van der Waals surface area contributed by atoms with Gasteiger partial charge in [0.2, 0.25) is 0 Å². The molecule has 1 heterocycles. The number of nitrogens with one attached hydrogen (secondary N) is 1. The van der Waals surface area contributed by atoms with Crippen LogP contribution in [0.5, 0.6) is 0 Å². The molecule has 1 fully saturated rings. The minimum Gasteiger partial charge on any atom is -0.444 e. The van der Waals surface area contributed by atoms with E-state index in [1.165, 1.54) is 6.07 Å². The summed E-state index contributed by atoms with van der Waals surface area (Å²) in [5.74, 6) is -0.375. The lowest BCUT2D eigenvalue weighted by Crippen LogP contribution is -2.64. The number of hydrogen-bond donors (Lipinski definition) is 1. The second-order valence-electron chi connectivity index (χ2n) is 9.79. The maximum atomic E-state index is 14.7. The van der Waals surface area contributed by atoms with E-state index < -0.39 is 17.4 Å². The quantitative estimate of drug-likeness (QED) is 0.503. The molecule has 1 aliphatic rings. The zero-order valence-corrected chi connectivity index (χ0v) is 20.3. The van der Waals surface area contributed by atoms with Crippen molar-refractivity contribution in [2.45, 2.75) is 70.4 Å². The van der Waals surface area contributed by atoms with Crippen LogP contribution in [0.15, 0.2) is 54.6 Å². The average molecular weight is 471 g/mol. The lowest BCUT2D eigenvalue weighted by Gasteiger charge is -2.45. The molecule has 3 rings (SSSR count). The van der Waals surface area contributed by atoms with Gasteiger partial charge in [0.15, 0.2) is 0 Å². The number of likely N-dealkylation sites (tertiary alicyclic amines) is 1. The van der Waals surface area contributed by atoms with E-state index in [1.54, 1.807) is 39.0 Å². The lowest BCUT2D eigenvalue weighted by atomic mass is 9.93. The second-order valence-corrected chi connectivity index (χ2v) is 9.79. The van der Waals surface area contributed by atoms with Crippen LogP contribution in [0, 0.1) is 5.82 Å². The second kappa shape index (κ2) is 11.6. The zero-order chi connectivity index (χ0) is 24.6. The third-order valence-corrected chi connectivity index (χ3v) is 5.94. The number of amides is 1. The number of carbonyl (C=O) groups is 2. The monoisotopic (exact) mass is 470 g/mol. The largest absolute Gasteiger partial charge is 0.444 e. The average Bonchev–Trinajstić information content (AvgIpc) is 3.24. The van der Waals surface area contributed by atoms with Crippen molar-refractivity contribution in [1.29, 1.82) is 0 Å². The molecule has 0 saturated carbocycles. The Kier molecular flexibility index (Phi) is 8.80. The fraction of sp³-hybridized carbons (Fsp3) is 0.481. The number of benzene rings is 2. The molecule has 1 N–H and O–H groups in total. The Labute approximate surface area is 201 Å². The summed E-state index contributed by atoms with van der Waals surface area (Å²) in [7, 11) is 0. The smallest absolute Gasteiger partial charge is 0.409 e. The van der Waals surface area contributed by atoms with E-state index in [1.807, 2.05) is 30.3 Å². The van der Waals surface area contributed by atoms with Crippen LogP contribution >= 0.6 is 0 Å². The van der Waals surface area contributed by atoms with Crippen molar-refractivity contribution in [3.8, 4) is 0 Å². The van der Waals surface area contributed by atoms with Crippen molar-refractivity contribution >= 4 is 12.4 Å². The normalized spacial score (nSPS) is 18.3. The van der Waals surface area contributed by atoms with Gasteiger partial charge in [0.25, 0.3) is 0 Å². The zero-order valence-electron chi connectivity index (χ0n) is 20.3. The molecule has 0 aromatic heterocycles. The van der Waals surface area contributed by atoms with Crippen molar-refractivity contribution in [2.75, 3.05) is 13.2 Å². The maximum absolute atomic E-state index is 14.7. The van der Waals surface area contributed by atoms with Gasteiger partial charge in [0.05, 0.1) is 13.2 Å². The molecule has 1 saturated heterocycles. The first-order valence-corrected chi connectivity index (χ1v) is 11.8. The summed E-state index contributed by atoms with van der Waals surface area (Å²) in [5, 5.41) is 2.96. The number of nitrogens with zero attached hydrogens (tertiary/aromatic N) is 1. The summed E-state index contributed by atoms with van der Waals surface area (Å²) >= 11 is 0. The Bertz CT molecular complexity index is 947. The molecule has 0 bridgehead atoms. The molecule has 2 atom stereocenters. The van der Waals surface area contributed by atoms with Crippen molar-refractivity contribution in [1.82, 2.24) is 10.2 Å². The van der Waals surface area contributed by atoms with Gasteiger partial charge in [-0.25, -0.2) is 9.18 Å². The van der Waals surface area contributed by atoms with Gasteiger partial charge in [-0.3, -0.25) is 4.90 Å². The van der Waals surface area contributed by atoms with Gasteiger partial charge in [-0.15, -0.1) is 0 Å². The summed E-state index contributed by atoms with van der Waals surface area (Å²) in [6.07, 6.45) is 2.00. The Morgan fingerprint density at radius 1 is 1.15 bits per heavy atom. The van der Waals surface area contributed by atoms with Gasteiger partial charge < -0.3 is 19.6 Å². The van der Waals surface area contributed by atoms with Crippen LogP contribution in [0.2, 0.25) is 0 Å². The topological polar surface area (TPSA) is 67.9 Å². The summed E-state index contributed by atoms with van der Waals surface area (Å²) < 4.78 is 26.2. The number of carbonyl (C=O) groups excluding carboxylic acids is 2. The minimum atomic E-state index is -1.14. The van der Waals surface area contributed by atoms with E-state index in [2.05, 4.69) is 10.2 Å². The van der Waals surface area contributed by atoms with Crippen molar-refractivity contribution in [3.05, 3.63) is 71.5 Å². The number of hydrogen-bond acceptors (Lipinski definition) is 5. The van der Waals surface area contributed by atoms with Crippen LogP contribution in [-0.4, -0.2) is 47.7 Å². The highest BCUT2D eigenvalue weighted by Gasteiger charge is 2.45. The molecule has 0 unspecified atom stereocenters. The number of ether oxygens (including phenoxy) is 2. The molecule has 34 heavy (non-hydrogen) atoms. The molecule has 0 aliphatic carbocycles. The molecule has 2 aromatic carbocycles. The molecule has 184 valence electrons. The standard InChI is InChI=1S/C27H35FN2O4/c1-26(2,3)34-25(32)29-27(15-17-31,18-22-12-7-8-14-24(22)28)30-16-9-13-23(30)20-33-19-21-10-5-4-6-11-21/h4-8,10-12,14,17,23H,9,13,15-16,18-20H2,1-3H3,(H,29,32)/t23-,27-/m0/s1. The third kappa shape index (κ3) is 7.11. The molecular weight excluding hydrogens is 435 g/mol. The first-order chi connectivity index (χ1) is 16.2. The lowest BCUT2D eigenvalue weighted by molar-refractivity contribution is -0.112. The Morgan fingerprint density at radius 2 is 1.85 bits per heavy atom. The molecule has 0 spiro atoms. The molecule has 1 aliphatic heterocycles. The van der Waals surface area contributed by atoms with Gasteiger partial charge in [-0.1, -0.05) is 48.5 Å². The van der Waals surface area contributed by atoms with Gasteiger partial charge in [-0.05, 0) is 50.8 Å². The van der Waals surface area contributed by atoms with E-state index in [-0.39, 0.29) is 24.7 Å². The molecule has 1 amide bonds.